The third-order valence-electron chi connectivity index (χ3n) is 3.91. The first-order valence-corrected chi connectivity index (χ1v) is 9.31. The summed E-state index contributed by atoms with van der Waals surface area (Å²) in [5, 5.41) is 8.26. The summed E-state index contributed by atoms with van der Waals surface area (Å²) in [5.74, 6) is -1.08. The molecule has 0 aliphatic carbocycles. The molecule has 156 valence electrons. The van der Waals surface area contributed by atoms with Crippen LogP contribution in [0.25, 0.3) is 0 Å². The van der Waals surface area contributed by atoms with Crippen LogP contribution in [0.4, 0.5) is 31.9 Å². The van der Waals surface area contributed by atoms with E-state index in [2.05, 4.69) is 16.0 Å². The summed E-state index contributed by atoms with van der Waals surface area (Å²) in [7, 11) is 0. The minimum atomic E-state index is -0.833. The van der Waals surface area contributed by atoms with Gasteiger partial charge in [0, 0.05) is 5.69 Å². The average molecular weight is 402 g/mol. The second-order valence-electron chi connectivity index (χ2n) is 7.47. The van der Waals surface area contributed by atoms with Crippen LogP contribution in [0.5, 0.6) is 0 Å². The zero-order valence-electron chi connectivity index (χ0n) is 17.0. The van der Waals surface area contributed by atoms with Crippen molar-refractivity contribution in [2.24, 2.45) is 0 Å². The van der Waals surface area contributed by atoms with Crippen LogP contribution in [0, 0.1) is 5.82 Å². The maximum absolute atomic E-state index is 14.0. The third-order valence-corrected chi connectivity index (χ3v) is 3.91. The monoisotopic (exact) mass is 402 g/mol. The number of para-hydroxylation sites is 1. The van der Waals surface area contributed by atoms with E-state index >= 15 is 0 Å². The molecule has 0 saturated heterocycles. The zero-order valence-corrected chi connectivity index (χ0v) is 17.0. The van der Waals surface area contributed by atoms with Crippen LogP contribution in [0.1, 0.15) is 34.1 Å². The van der Waals surface area contributed by atoms with Crippen molar-refractivity contribution in [1.29, 1.82) is 0 Å². The van der Waals surface area contributed by atoms with Gasteiger partial charge in [-0.3, -0.25) is 4.79 Å². The van der Waals surface area contributed by atoms with Crippen molar-refractivity contribution < 1.29 is 18.7 Å². The SMILES string of the molecule is CC[C@H](NC(=O)OC(C)(C)C)C(=O)Nc1ccc(F)c(N)c1Nc1ccccc1. The standard InChI is InChI=1S/C21H27FN4O3/c1-5-15(26-20(28)29-21(2,3)4)19(27)25-16-12-11-14(22)17(23)18(16)24-13-9-7-6-8-10-13/h6-12,15,24H,5,23H2,1-4H3,(H,25,27)(H,26,28)/t15-/m0/s1. The van der Waals surface area contributed by atoms with Crippen LogP contribution in [-0.2, 0) is 9.53 Å². The number of hydrogen-bond acceptors (Lipinski definition) is 5. The minimum absolute atomic E-state index is 0.125. The maximum atomic E-state index is 14.0. The largest absolute Gasteiger partial charge is 0.444 e. The molecule has 0 heterocycles. The maximum Gasteiger partial charge on any atom is 0.408 e. The summed E-state index contributed by atoms with van der Waals surface area (Å²) in [6.07, 6.45) is -0.357. The first kappa shape index (κ1) is 22.0. The topological polar surface area (TPSA) is 105 Å². The molecule has 5 N–H and O–H groups in total. The van der Waals surface area contributed by atoms with Crippen LogP contribution in [0.2, 0.25) is 0 Å². The van der Waals surface area contributed by atoms with Gasteiger partial charge in [0.05, 0.1) is 17.1 Å². The smallest absolute Gasteiger partial charge is 0.408 e. The average Bonchev–Trinajstić information content (AvgIpc) is 2.65. The number of nitrogens with one attached hydrogen (secondary N) is 3. The molecule has 7 nitrogen and oxygen atoms in total. The van der Waals surface area contributed by atoms with Gasteiger partial charge in [0.15, 0.2) is 0 Å². The lowest BCUT2D eigenvalue weighted by atomic mass is 10.1. The van der Waals surface area contributed by atoms with Crippen molar-refractivity contribution in [3.63, 3.8) is 0 Å². The van der Waals surface area contributed by atoms with Crippen molar-refractivity contribution >= 4 is 34.7 Å². The molecule has 0 fully saturated rings. The fraction of sp³-hybridized carbons (Fsp3) is 0.333. The molecular weight excluding hydrogens is 375 g/mol. The van der Waals surface area contributed by atoms with E-state index in [4.69, 9.17) is 10.5 Å². The molecule has 0 aromatic heterocycles. The lowest BCUT2D eigenvalue weighted by molar-refractivity contribution is -0.118. The molecule has 2 aromatic rings. The van der Waals surface area contributed by atoms with E-state index in [1.807, 2.05) is 18.2 Å². The summed E-state index contributed by atoms with van der Waals surface area (Å²) < 4.78 is 19.2. The predicted octanol–water partition coefficient (Wildman–Crippen LogP) is 4.39. The van der Waals surface area contributed by atoms with Gasteiger partial charge in [-0.05, 0) is 51.5 Å². The molecule has 0 bridgehead atoms. The van der Waals surface area contributed by atoms with Gasteiger partial charge in [-0.1, -0.05) is 25.1 Å². The Morgan fingerprint density at radius 2 is 1.79 bits per heavy atom. The number of alkyl carbamates (subject to hydrolysis) is 1. The summed E-state index contributed by atoms with van der Waals surface area (Å²) in [5.41, 5.74) is 6.29. The van der Waals surface area contributed by atoms with Crippen LogP contribution in [0.15, 0.2) is 42.5 Å². The van der Waals surface area contributed by atoms with Gasteiger partial charge in [-0.2, -0.15) is 0 Å². The van der Waals surface area contributed by atoms with Crippen LogP contribution < -0.4 is 21.7 Å². The first-order chi connectivity index (χ1) is 13.6. The number of amides is 2. The van der Waals surface area contributed by atoms with Gasteiger partial charge < -0.3 is 26.4 Å². The van der Waals surface area contributed by atoms with E-state index in [-0.39, 0.29) is 11.4 Å². The predicted molar refractivity (Wildman–Crippen MR) is 113 cm³/mol. The Labute approximate surface area is 169 Å². The van der Waals surface area contributed by atoms with Gasteiger partial charge in [0.1, 0.15) is 17.5 Å². The zero-order chi connectivity index (χ0) is 21.6. The van der Waals surface area contributed by atoms with Crippen LogP contribution in [-0.4, -0.2) is 23.6 Å². The van der Waals surface area contributed by atoms with E-state index in [1.54, 1.807) is 39.8 Å². The van der Waals surface area contributed by atoms with Crippen LogP contribution in [0.3, 0.4) is 0 Å². The second kappa shape index (κ2) is 9.27. The van der Waals surface area contributed by atoms with Crippen molar-refractivity contribution in [1.82, 2.24) is 5.32 Å². The number of halogens is 1. The van der Waals surface area contributed by atoms with Crippen LogP contribution >= 0.6 is 0 Å². The van der Waals surface area contributed by atoms with Crippen molar-refractivity contribution in [2.45, 2.75) is 45.8 Å². The highest BCUT2D eigenvalue weighted by Gasteiger charge is 2.24. The number of carbonyl (C=O) groups excluding carboxylic acids is 2. The minimum Gasteiger partial charge on any atom is -0.444 e. The van der Waals surface area contributed by atoms with E-state index < -0.39 is 29.5 Å². The number of benzene rings is 2. The Balaban J connectivity index is 2.20. The summed E-state index contributed by atoms with van der Waals surface area (Å²) in [6, 6.07) is 10.8. The van der Waals surface area contributed by atoms with Gasteiger partial charge in [-0.15, -0.1) is 0 Å². The van der Waals surface area contributed by atoms with E-state index in [1.165, 1.54) is 12.1 Å². The normalized spacial score (nSPS) is 12.0. The van der Waals surface area contributed by atoms with Crippen molar-refractivity contribution in [3.05, 3.63) is 48.3 Å². The first-order valence-electron chi connectivity index (χ1n) is 9.31. The number of carbonyl (C=O) groups is 2. The molecule has 0 spiro atoms. The van der Waals surface area contributed by atoms with E-state index in [0.717, 1.165) is 0 Å². The Morgan fingerprint density at radius 3 is 2.38 bits per heavy atom. The number of nitrogen functional groups attached to an aromatic ring is 1. The summed E-state index contributed by atoms with van der Waals surface area (Å²) in [4.78, 5) is 24.7. The Morgan fingerprint density at radius 1 is 1.14 bits per heavy atom. The number of rotatable bonds is 6. The van der Waals surface area contributed by atoms with Gasteiger partial charge >= 0.3 is 6.09 Å². The molecule has 2 amide bonds. The molecule has 0 saturated carbocycles. The second-order valence-corrected chi connectivity index (χ2v) is 7.47. The fourth-order valence-corrected chi connectivity index (χ4v) is 2.52. The van der Waals surface area contributed by atoms with Gasteiger partial charge in [0.25, 0.3) is 0 Å². The fourth-order valence-electron chi connectivity index (χ4n) is 2.52. The summed E-state index contributed by atoms with van der Waals surface area (Å²) >= 11 is 0. The number of ether oxygens (including phenoxy) is 1. The molecular formula is C21H27FN4O3. The number of nitrogens with two attached hydrogens (primary N) is 1. The highest BCUT2D eigenvalue weighted by atomic mass is 19.1. The molecule has 1 atom stereocenters. The number of anilines is 4. The molecule has 0 radical (unpaired) electrons. The van der Waals surface area contributed by atoms with Gasteiger partial charge in [0.2, 0.25) is 5.91 Å². The number of hydrogen-bond donors (Lipinski definition) is 4. The Bertz CT molecular complexity index is 866. The third kappa shape index (κ3) is 6.38. The molecule has 2 aromatic carbocycles. The van der Waals surface area contributed by atoms with Crippen molar-refractivity contribution in [3.8, 4) is 0 Å². The molecule has 0 aliphatic rings. The van der Waals surface area contributed by atoms with E-state index in [0.29, 0.717) is 17.8 Å². The molecule has 0 aliphatic heterocycles. The lowest BCUT2D eigenvalue weighted by Crippen LogP contribution is -2.45. The molecule has 8 heteroatoms. The Hall–Kier alpha value is -3.29. The van der Waals surface area contributed by atoms with Gasteiger partial charge in [-0.25, -0.2) is 9.18 Å². The molecule has 2 rings (SSSR count). The van der Waals surface area contributed by atoms with E-state index in [9.17, 15) is 14.0 Å². The Kier molecular flexibility index (Phi) is 7.03. The molecule has 29 heavy (non-hydrogen) atoms. The lowest BCUT2D eigenvalue weighted by Gasteiger charge is -2.23. The quantitative estimate of drug-likeness (QED) is 0.536. The highest BCUT2D eigenvalue weighted by Crippen LogP contribution is 2.33. The summed E-state index contributed by atoms with van der Waals surface area (Å²) in [6.45, 7) is 6.95. The highest BCUT2D eigenvalue weighted by molar-refractivity contribution is 6.01. The van der Waals surface area contributed by atoms with Crippen molar-refractivity contribution in [2.75, 3.05) is 16.4 Å². The molecule has 0 unspecified atom stereocenters.